The molecule has 0 aliphatic heterocycles. The van der Waals surface area contributed by atoms with Gasteiger partial charge in [0.15, 0.2) is 17.3 Å². The van der Waals surface area contributed by atoms with Gasteiger partial charge in [0.2, 0.25) is 5.60 Å². The van der Waals surface area contributed by atoms with Crippen LogP contribution in [-0.2, 0) is 11.1 Å². The molecule has 208 valence electrons. The van der Waals surface area contributed by atoms with Crippen LogP contribution >= 0.6 is 0 Å². The lowest BCUT2D eigenvalue weighted by Gasteiger charge is -2.32. The Bertz CT molecular complexity index is 1350. The number of ketones is 1. The molecular formula is C29H32F3N3O4. The van der Waals surface area contributed by atoms with Gasteiger partial charge in [0.05, 0.1) is 24.6 Å². The number of pyridine rings is 2. The molecule has 2 heterocycles. The van der Waals surface area contributed by atoms with Crippen LogP contribution < -0.4 is 15.2 Å². The molecule has 4 rings (SSSR count). The first kappa shape index (κ1) is 28.5. The van der Waals surface area contributed by atoms with Crippen molar-refractivity contribution in [3.05, 3.63) is 71.2 Å². The number of hydrogen-bond donors (Lipinski definition) is 2. The van der Waals surface area contributed by atoms with E-state index in [1.807, 2.05) is 0 Å². The van der Waals surface area contributed by atoms with Gasteiger partial charge in [-0.1, -0.05) is 0 Å². The van der Waals surface area contributed by atoms with Gasteiger partial charge >= 0.3 is 6.18 Å². The number of hydrogen-bond acceptors (Lipinski definition) is 7. The van der Waals surface area contributed by atoms with Gasteiger partial charge in [0.1, 0.15) is 0 Å². The SMILES string of the molecule is COc1cc(C(=O)CCC(O)(c2cc(C(C)(C)N)cc(-c3ccc(C)nc3)n2)C(F)(F)F)ccc1OC1CC1. The normalized spacial score (nSPS) is 15.5. The van der Waals surface area contributed by atoms with Gasteiger partial charge in [-0.15, -0.1) is 0 Å². The molecule has 2 aromatic heterocycles. The fraction of sp³-hybridized carbons (Fsp3) is 0.414. The average molecular weight is 544 g/mol. The maximum absolute atomic E-state index is 14.5. The summed E-state index contributed by atoms with van der Waals surface area (Å²) in [6, 6.07) is 10.6. The van der Waals surface area contributed by atoms with E-state index in [0.29, 0.717) is 22.6 Å². The largest absolute Gasteiger partial charge is 0.493 e. The van der Waals surface area contributed by atoms with E-state index < -0.39 is 41.6 Å². The molecule has 1 saturated carbocycles. The molecule has 1 aliphatic carbocycles. The van der Waals surface area contributed by atoms with Crippen molar-refractivity contribution < 1.29 is 32.5 Å². The number of benzene rings is 1. The van der Waals surface area contributed by atoms with Crippen molar-refractivity contribution in [3.63, 3.8) is 0 Å². The zero-order valence-electron chi connectivity index (χ0n) is 22.3. The molecule has 1 aliphatic rings. The summed E-state index contributed by atoms with van der Waals surface area (Å²) in [7, 11) is 1.42. The van der Waals surface area contributed by atoms with Crippen LogP contribution in [0.2, 0.25) is 0 Å². The second-order valence-electron chi connectivity index (χ2n) is 10.5. The fourth-order valence-corrected chi connectivity index (χ4v) is 4.04. The highest BCUT2D eigenvalue weighted by Gasteiger charge is 2.56. The van der Waals surface area contributed by atoms with E-state index in [0.717, 1.165) is 24.6 Å². The van der Waals surface area contributed by atoms with Gasteiger partial charge in [-0.25, -0.2) is 4.98 Å². The Morgan fingerprint density at radius 2 is 1.82 bits per heavy atom. The number of aliphatic hydroxyl groups is 1. The summed E-state index contributed by atoms with van der Waals surface area (Å²) in [5, 5.41) is 11.1. The van der Waals surface area contributed by atoms with Gasteiger partial charge in [0.25, 0.3) is 0 Å². The molecule has 10 heteroatoms. The minimum Gasteiger partial charge on any atom is -0.493 e. The third kappa shape index (κ3) is 6.39. The number of nitrogens with two attached hydrogens (primary N) is 1. The van der Waals surface area contributed by atoms with Crippen molar-refractivity contribution in [2.45, 2.75) is 69.9 Å². The molecule has 3 aromatic rings. The van der Waals surface area contributed by atoms with Gasteiger partial charge < -0.3 is 20.3 Å². The molecule has 1 aromatic carbocycles. The molecule has 1 atom stereocenters. The van der Waals surface area contributed by atoms with Gasteiger partial charge in [-0.3, -0.25) is 9.78 Å². The van der Waals surface area contributed by atoms with Crippen LogP contribution in [0, 0.1) is 6.92 Å². The number of aromatic nitrogens is 2. The van der Waals surface area contributed by atoms with Gasteiger partial charge in [-0.05, 0) is 88.1 Å². The zero-order valence-corrected chi connectivity index (χ0v) is 22.3. The number of rotatable bonds is 10. The Morgan fingerprint density at radius 1 is 1.10 bits per heavy atom. The van der Waals surface area contributed by atoms with Crippen molar-refractivity contribution in [2.24, 2.45) is 5.73 Å². The molecule has 0 spiro atoms. The predicted octanol–water partition coefficient (Wildman–Crippen LogP) is 5.61. The van der Waals surface area contributed by atoms with Crippen LogP contribution in [0.3, 0.4) is 0 Å². The summed E-state index contributed by atoms with van der Waals surface area (Å²) < 4.78 is 54.5. The minimum absolute atomic E-state index is 0.101. The smallest absolute Gasteiger partial charge is 0.422 e. The highest BCUT2D eigenvalue weighted by molar-refractivity contribution is 5.96. The first-order chi connectivity index (χ1) is 18.2. The van der Waals surface area contributed by atoms with E-state index in [9.17, 15) is 23.1 Å². The van der Waals surface area contributed by atoms with E-state index in [1.54, 1.807) is 45.0 Å². The van der Waals surface area contributed by atoms with Crippen molar-refractivity contribution in [1.29, 1.82) is 0 Å². The van der Waals surface area contributed by atoms with Gasteiger partial charge in [-0.2, -0.15) is 13.2 Å². The molecule has 0 radical (unpaired) electrons. The number of methoxy groups -OCH3 is 1. The molecule has 1 fully saturated rings. The second kappa shape index (κ2) is 10.6. The Morgan fingerprint density at radius 3 is 2.38 bits per heavy atom. The van der Waals surface area contributed by atoms with Crippen molar-refractivity contribution in [3.8, 4) is 22.8 Å². The lowest BCUT2D eigenvalue weighted by atomic mass is 9.86. The topological polar surface area (TPSA) is 108 Å². The van der Waals surface area contributed by atoms with E-state index in [4.69, 9.17) is 15.2 Å². The maximum atomic E-state index is 14.5. The first-order valence-electron chi connectivity index (χ1n) is 12.6. The van der Waals surface area contributed by atoms with Crippen molar-refractivity contribution in [1.82, 2.24) is 9.97 Å². The molecule has 0 bridgehead atoms. The molecule has 1 unspecified atom stereocenters. The number of carbonyl (C=O) groups is 1. The standard InChI is InChI=1S/C29H32F3N3O4/c1-17-5-6-19(16-34-17)22-14-20(27(2,3)33)15-26(35-22)28(37,29(30,31)32)12-11-23(36)18-7-10-24(25(13-18)38-4)39-21-8-9-21/h5-7,10,13-16,21,37H,8-9,11-12,33H2,1-4H3. The van der Waals surface area contributed by atoms with Crippen molar-refractivity contribution >= 4 is 5.78 Å². The molecular weight excluding hydrogens is 511 g/mol. The monoisotopic (exact) mass is 543 g/mol. The average Bonchev–Trinajstić information content (AvgIpc) is 3.70. The molecule has 39 heavy (non-hydrogen) atoms. The first-order valence-corrected chi connectivity index (χ1v) is 12.6. The lowest BCUT2D eigenvalue weighted by Crippen LogP contribution is -2.44. The second-order valence-corrected chi connectivity index (χ2v) is 10.5. The Labute approximate surface area is 225 Å². The number of carbonyl (C=O) groups excluding carboxylic acids is 1. The summed E-state index contributed by atoms with van der Waals surface area (Å²) in [5.74, 6) is 0.189. The number of Topliss-reactive ketones (excluding diaryl/α,β-unsaturated/α-hetero) is 1. The number of alkyl halides is 3. The Balaban J connectivity index is 1.67. The summed E-state index contributed by atoms with van der Waals surface area (Å²) in [6.07, 6.45) is -3.21. The summed E-state index contributed by atoms with van der Waals surface area (Å²) in [5.41, 5.74) is 3.02. The Kier molecular flexibility index (Phi) is 7.73. The quantitative estimate of drug-likeness (QED) is 0.320. The van der Waals surface area contributed by atoms with Crippen LogP contribution in [0.15, 0.2) is 48.7 Å². The number of halogens is 3. The fourth-order valence-electron chi connectivity index (χ4n) is 4.04. The van der Waals surface area contributed by atoms with Crippen LogP contribution in [0.5, 0.6) is 11.5 Å². The number of nitrogens with zero attached hydrogens (tertiary/aromatic N) is 2. The third-order valence-corrected chi connectivity index (χ3v) is 6.69. The number of aryl methyl sites for hydroxylation is 1. The van der Waals surface area contributed by atoms with E-state index in [2.05, 4.69) is 9.97 Å². The zero-order chi connectivity index (χ0) is 28.6. The molecule has 0 saturated heterocycles. The predicted molar refractivity (Wildman–Crippen MR) is 140 cm³/mol. The van der Waals surface area contributed by atoms with Crippen molar-refractivity contribution in [2.75, 3.05) is 7.11 Å². The summed E-state index contributed by atoms with van der Waals surface area (Å²) >= 11 is 0. The molecule has 3 N–H and O–H groups in total. The number of ether oxygens (including phenoxy) is 2. The van der Waals surface area contributed by atoms with Crippen LogP contribution in [0.4, 0.5) is 13.2 Å². The lowest BCUT2D eigenvalue weighted by molar-refractivity contribution is -0.270. The van der Waals surface area contributed by atoms with Crippen LogP contribution in [-0.4, -0.2) is 40.2 Å². The highest BCUT2D eigenvalue weighted by atomic mass is 19.4. The summed E-state index contributed by atoms with van der Waals surface area (Å²) in [4.78, 5) is 21.4. The summed E-state index contributed by atoms with van der Waals surface area (Å²) in [6.45, 7) is 5.07. The van der Waals surface area contributed by atoms with E-state index >= 15 is 0 Å². The van der Waals surface area contributed by atoms with E-state index in [-0.39, 0.29) is 17.4 Å². The minimum atomic E-state index is -5.12. The van der Waals surface area contributed by atoms with E-state index in [1.165, 1.54) is 25.4 Å². The maximum Gasteiger partial charge on any atom is 0.422 e. The molecule has 7 nitrogen and oxygen atoms in total. The third-order valence-electron chi connectivity index (χ3n) is 6.69. The highest BCUT2D eigenvalue weighted by Crippen LogP contribution is 2.44. The van der Waals surface area contributed by atoms with Crippen LogP contribution in [0.25, 0.3) is 11.3 Å². The van der Waals surface area contributed by atoms with Crippen LogP contribution in [0.1, 0.15) is 66.8 Å². The Hall–Kier alpha value is -3.50. The molecule has 0 amide bonds. The van der Waals surface area contributed by atoms with Gasteiger partial charge in [0, 0.05) is 35.0 Å².